The fraction of sp³-hybridized carbons (Fsp3) is 0.250. The number of carbonyl (C=O) groups excluding carboxylic acids is 1. The molecule has 0 aliphatic heterocycles. The van der Waals surface area contributed by atoms with Gasteiger partial charge < -0.3 is 18.4 Å². The van der Waals surface area contributed by atoms with Crippen molar-refractivity contribution in [2.75, 3.05) is 7.11 Å². The van der Waals surface area contributed by atoms with E-state index in [4.69, 9.17) is 18.4 Å². The van der Waals surface area contributed by atoms with Crippen LogP contribution in [0, 0.1) is 20.8 Å². The first-order chi connectivity index (χ1) is 15.9. The van der Waals surface area contributed by atoms with Crippen molar-refractivity contribution in [3.63, 3.8) is 0 Å². The number of hydrogen-bond donors (Lipinski definition) is 0. The summed E-state index contributed by atoms with van der Waals surface area (Å²) in [4.78, 5) is 12.4. The van der Waals surface area contributed by atoms with Gasteiger partial charge in [-0.15, -0.1) is 10.2 Å². The molecule has 170 valence electrons. The summed E-state index contributed by atoms with van der Waals surface area (Å²) in [6, 6.07) is 11.0. The maximum atomic E-state index is 12.4. The van der Waals surface area contributed by atoms with Crippen LogP contribution in [0.4, 0.5) is 0 Å². The fourth-order valence-electron chi connectivity index (χ4n) is 3.44. The summed E-state index contributed by atoms with van der Waals surface area (Å²) in [5, 5.41) is 12.1. The second kappa shape index (κ2) is 9.15. The number of ether oxygens (including phenoxy) is 2. The number of methoxy groups -OCH3 is 1. The van der Waals surface area contributed by atoms with E-state index in [-0.39, 0.29) is 5.89 Å². The number of aryl methyl sites for hydroxylation is 2. The molecule has 4 rings (SSSR count). The Hall–Kier alpha value is -4.14. The molecule has 3 aromatic heterocycles. The quantitative estimate of drug-likeness (QED) is 0.294. The molecule has 0 fully saturated rings. The Morgan fingerprint density at radius 1 is 1.12 bits per heavy atom. The number of aromatic nitrogens is 4. The predicted octanol–water partition coefficient (Wildman–Crippen LogP) is 4.77. The summed E-state index contributed by atoms with van der Waals surface area (Å²) in [7, 11) is 1.60. The first kappa shape index (κ1) is 22.1. The topological polar surface area (TPSA) is 105 Å². The molecule has 33 heavy (non-hydrogen) atoms. The minimum absolute atomic E-state index is 0.210. The lowest BCUT2D eigenvalue weighted by atomic mass is 10.2. The second-order valence-electron chi connectivity index (χ2n) is 7.54. The Morgan fingerprint density at radius 3 is 2.55 bits per heavy atom. The van der Waals surface area contributed by atoms with Crippen LogP contribution in [0.5, 0.6) is 5.75 Å². The van der Waals surface area contributed by atoms with Gasteiger partial charge in [0.15, 0.2) is 11.9 Å². The average molecular weight is 448 g/mol. The third-order valence-electron chi connectivity index (χ3n) is 5.13. The Balaban J connectivity index is 1.42. The van der Waals surface area contributed by atoms with Crippen LogP contribution in [0.3, 0.4) is 0 Å². The van der Waals surface area contributed by atoms with Crippen LogP contribution in [0.25, 0.3) is 23.3 Å². The molecule has 0 saturated heterocycles. The minimum atomic E-state index is -0.702. The lowest BCUT2D eigenvalue weighted by molar-refractivity contribution is -0.143. The van der Waals surface area contributed by atoms with Crippen LogP contribution in [-0.2, 0) is 9.53 Å². The van der Waals surface area contributed by atoms with Crippen LogP contribution in [-0.4, -0.2) is 33.0 Å². The van der Waals surface area contributed by atoms with Crippen molar-refractivity contribution in [1.82, 2.24) is 19.9 Å². The van der Waals surface area contributed by atoms with Crippen LogP contribution in [0.2, 0.25) is 0 Å². The number of carbonyl (C=O) groups is 1. The lowest BCUT2D eigenvalue weighted by Gasteiger charge is -2.07. The summed E-state index contributed by atoms with van der Waals surface area (Å²) >= 11 is 0. The zero-order chi connectivity index (χ0) is 23.5. The predicted molar refractivity (Wildman–Crippen MR) is 120 cm³/mol. The SMILES string of the molecule is COc1ccc(-c2nnc(C(C)OC(=O)/C=C/c3cc(C)n(-c4cc(C)on4)c3C)o2)cc1. The third kappa shape index (κ3) is 4.72. The van der Waals surface area contributed by atoms with E-state index in [9.17, 15) is 4.79 Å². The van der Waals surface area contributed by atoms with Gasteiger partial charge in [-0.25, -0.2) is 4.79 Å². The van der Waals surface area contributed by atoms with E-state index >= 15 is 0 Å². The number of benzene rings is 1. The molecule has 0 aliphatic rings. The fourth-order valence-corrected chi connectivity index (χ4v) is 3.44. The molecule has 1 atom stereocenters. The highest BCUT2D eigenvalue weighted by Gasteiger charge is 2.18. The lowest BCUT2D eigenvalue weighted by Crippen LogP contribution is -2.06. The van der Waals surface area contributed by atoms with Crippen LogP contribution >= 0.6 is 0 Å². The van der Waals surface area contributed by atoms with Crippen molar-refractivity contribution in [3.05, 3.63) is 71.1 Å². The van der Waals surface area contributed by atoms with Gasteiger partial charge in [0.2, 0.25) is 5.89 Å². The summed E-state index contributed by atoms with van der Waals surface area (Å²) in [6.07, 6.45) is 2.38. The molecule has 9 heteroatoms. The van der Waals surface area contributed by atoms with Gasteiger partial charge in [-0.05, 0) is 69.7 Å². The van der Waals surface area contributed by atoms with Crippen LogP contribution in [0.15, 0.2) is 51.4 Å². The monoisotopic (exact) mass is 448 g/mol. The zero-order valence-corrected chi connectivity index (χ0v) is 19.0. The van der Waals surface area contributed by atoms with Gasteiger partial charge in [0, 0.05) is 29.1 Å². The summed E-state index contributed by atoms with van der Waals surface area (Å²) in [6.45, 7) is 7.43. The Kier molecular flexibility index (Phi) is 6.12. The van der Waals surface area contributed by atoms with E-state index in [1.54, 1.807) is 32.2 Å². The highest BCUT2D eigenvalue weighted by molar-refractivity contribution is 5.87. The van der Waals surface area contributed by atoms with Crippen molar-refractivity contribution >= 4 is 12.0 Å². The molecule has 9 nitrogen and oxygen atoms in total. The second-order valence-corrected chi connectivity index (χ2v) is 7.54. The van der Waals surface area contributed by atoms with Crippen molar-refractivity contribution in [2.45, 2.75) is 33.8 Å². The Morgan fingerprint density at radius 2 is 1.88 bits per heavy atom. The molecule has 0 aliphatic carbocycles. The van der Waals surface area contributed by atoms with E-state index in [1.165, 1.54) is 6.08 Å². The molecule has 1 unspecified atom stereocenters. The molecule has 0 amide bonds. The molecule has 0 bridgehead atoms. The molecule has 1 aromatic carbocycles. The van der Waals surface area contributed by atoms with E-state index in [2.05, 4.69) is 15.4 Å². The van der Waals surface area contributed by atoms with Gasteiger partial charge in [-0.1, -0.05) is 5.16 Å². The maximum Gasteiger partial charge on any atom is 0.331 e. The van der Waals surface area contributed by atoms with E-state index in [0.29, 0.717) is 11.7 Å². The van der Waals surface area contributed by atoms with Crippen molar-refractivity contribution in [1.29, 1.82) is 0 Å². The third-order valence-corrected chi connectivity index (χ3v) is 5.13. The molecule has 0 radical (unpaired) electrons. The Labute approximate surface area is 190 Å². The minimum Gasteiger partial charge on any atom is -0.497 e. The first-order valence-corrected chi connectivity index (χ1v) is 10.3. The summed E-state index contributed by atoms with van der Waals surface area (Å²) in [5.74, 6) is 2.17. The molecule has 0 N–H and O–H groups in total. The van der Waals surface area contributed by atoms with Gasteiger partial charge in [-0.2, -0.15) is 0 Å². The van der Waals surface area contributed by atoms with Crippen molar-refractivity contribution in [2.24, 2.45) is 0 Å². The number of hydrogen-bond acceptors (Lipinski definition) is 8. The highest BCUT2D eigenvalue weighted by Crippen LogP contribution is 2.25. The largest absolute Gasteiger partial charge is 0.497 e. The zero-order valence-electron chi connectivity index (χ0n) is 19.0. The van der Waals surface area contributed by atoms with Gasteiger partial charge in [0.1, 0.15) is 11.5 Å². The smallest absolute Gasteiger partial charge is 0.331 e. The van der Waals surface area contributed by atoms with E-state index in [1.807, 2.05) is 49.6 Å². The van der Waals surface area contributed by atoms with Crippen LogP contribution < -0.4 is 4.74 Å². The van der Waals surface area contributed by atoms with E-state index < -0.39 is 12.1 Å². The van der Waals surface area contributed by atoms with Crippen LogP contribution in [0.1, 0.15) is 41.6 Å². The molecular formula is C24H24N4O5. The number of rotatable bonds is 7. The number of esters is 1. The summed E-state index contributed by atoms with van der Waals surface area (Å²) in [5.41, 5.74) is 3.51. The molecule has 0 spiro atoms. The Bertz CT molecular complexity index is 1300. The summed E-state index contributed by atoms with van der Waals surface area (Å²) < 4.78 is 23.4. The maximum absolute atomic E-state index is 12.4. The number of nitrogens with zero attached hydrogens (tertiary/aromatic N) is 4. The van der Waals surface area contributed by atoms with Gasteiger partial charge >= 0.3 is 5.97 Å². The van der Waals surface area contributed by atoms with Crippen molar-refractivity contribution < 1.29 is 23.2 Å². The van der Waals surface area contributed by atoms with Gasteiger partial charge in [-0.3, -0.25) is 4.57 Å². The standard InChI is InChI=1S/C24H24N4O5/c1-14-12-19(16(3)28(14)21-13-15(2)33-27-21)8-11-22(29)31-17(4)23-25-26-24(32-23)18-6-9-20(30-5)10-7-18/h6-13,17H,1-5H3/b11-8+. The molecule has 4 aromatic rings. The van der Waals surface area contributed by atoms with Crippen molar-refractivity contribution in [3.8, 4) is 23.0 Å². The van der Waals surface area contributed by atoms with E-state index in [0.717, 1.165) is 34.0 Å². The normalized spacial score (nSPS) is 12.3. The average Bonchev–Trinajstić information content (AvgIpc) is 3.52. The highest BCUT2D eigenvalue weighted by atomic mass is 16.6. The molecular weight excluding hydrogens is 424 g/mol. The first-order valence-electron chi connectivity index (χ1n) is 10.3. The van der Waals surface area contributed by atoms with Gasteiger partial charge in [0.25, 0.3) is 5.89 Å². The van der Waals surface area contributed by atoms with Gasteiger partial charge in [0.05, 0.1) is 7.11 Å². The molecule has 3 heterocycles. The molecule has 0 saturated carbocycles.